The van der Waals surface area contributed by atoms with Gasteiger partial charge in [-0.1, -0.05) is 13.8 Å². The average molecular weight is 358 g/mol. The summed E-state index contributed by atoms with van der Waals surface area (Å²) in [6.07, 6.45) is 0. The molecule has 23 heavy (non-hydrogen) atoms. The van der Waals surface area contributed by atoms with Crippen molar-refractivity contribution in [2.24, 2.45) is 5.92 Å². The van der Waals surface area contributed by atoms with Crippen LogP contribution in [0.15, 0.2) is 29.2 Å². The Labute approximate surface area is 143 Å². The second-order valence-electron chi connectivity index (χ2n) is 5.77. The first-order valence-corrected chi connectivity index (χ1v) is 9.47. The normalized spacial score (nSPS) is 16.3. The van der Waals surface area contributed by atoms with Crippen molar-refractivity contribution < 1.29 is 13.2 Å². The molecule has 0 spiro atoms. The number of hydrogen-bond acceptors (Lipinski definition) is 4. The van der Waals surface area contributed by atoms with Crippen LogP contribution in [0.5, 0.6) is 0 Å². The van der Waals surface area contributed by atoms with Crippen molar-refractivity contribution >= 4 is 33.0 Å². The van der Waals surface area contributed by atoms with Gasteiger partial charge in [-0.3, -0.25) is 0 Å². The Hall–Kier alpha value is -1.22. The lowest BCUT2D eigenvalue weighted by Gasteiger charge is -2.26. The van der Waals surface area contributed by atoms with Gasteiger partial charge in [0.2, 0.25) is 10.0 Å². The quantitative estimate of drug-likeness (QED) is 0.781. The van der Waals surface area contributed by atoms with Gasteiger partial charge in [0, 0.05) is 25.3 Å². The SMILES string of the molecule is CC(C)CNC(=S)Nc1ccc(S(=O)(=O)N2CCOCC2)cc1. The summed E-state index contributed by atoms with van der Waals surface area (Å²) >= 11 is 5.20. The Balaban J connectivity index is 2.00. The summed E-state index contributed by atoms with van der Waals surface area (Å²) in [6, 6.07) is 6.63. The summed E-state index contributed by atoms with van der Waals surface area (Å²) in [5.74, 6) is 0.496. The molecule has 0 amide bonds. The van der Waals surface area contributed by atoms with Crippen LogP contribution in [0.2, 0.25) is 0 Å². The van der Waals surface area contributed by atoms with Gasteiger partial charge >= 0.3 is 0 Å². The molecular weight excluding hydrogens is 334 g/mol. The highest BCUT2D eigenvalue weighted by Crippen LogP contribution is 2.19. The van der Waals surface area contributed by atoms with E-state index in [2.05, 4.69) is 24.5 Å². The van der Waals surface area contributed by atoms with Gasteiger partial charge in [-0.2, -0.15) is 4.31 Å². The molecule has 0 radical (unpaired) electrons. The number of morpholine rings is 1. The third-order valence-corrected chi connectivity index (χ3v) is 5.55. The molecule has 8 heteroatoms. The highest BCUT2D eigenvalue weighted by atomic mass is 32.2. The zero-order chi connectivity index (χ0) is 16.9. The molecule has 128 valence electrons. The number of anilines is 1. The molecule has 6 nitrogen and oxygen atoms in total. The third-order valence-electron chi connectivity index (χ3n) is 3.39. The highest BCUT2D eigenvalue weighted by molar-refractivity contribution is 7.89. The number of nitrogens with zero attached hydrogens (tertiary/aromatic N) is 1. The number of benzene rings is 1. The van der Waals surface area contributed by atoms with E-state index in [-0.39, 0.29) is 4.90 Å². The predicted molar refractivity (Wildman–Crippen MR) is 95.1 cm³/mol. The van der Waals surface area contributed by atoms with Crippen molar-refractivity contribution in [1.82, 2.24) is 9.62 Å². The largest absolute Gasteiger partial charge is 0.379 e. The van der Waals surface area contributed by atoms with Crippen molar-refractivity contribution in [3.63, 3.8) is 0 Å². The van der Waals surface area contributed by atoms with Gasteiger partial charge in [-0.25, -0.2) is 8.42 Å². The molecule has 0 bridgehead atoms. The van der Waals surface area contributed by atoms with E-state index >= 15 is 0 Å². The van der Waals surface area contributed by atoms with Crippen LogP contribution in [-0.4, -0.2) is 50.7 Å². The van der Waals surface area contributed by atoms with Crippen LogP contribution < -0.4 is 10.6 Å². The maximum Gasteiger partial charge on any atom is 0.243 e. The second-order valence-corrected chi connectivity index (χ2v) is 8.12. The van der Waals surface area contributed by atoms with Gasteiger partial charge in [0.25, 0.3) is 0 Å². The van der Waals surface area contributed by atoms with E-state index in [0.29, 0.717) is 37.3 Å². The fourth-order valence-electron chi connectivity index (χ4n) is 2.12. The van der Waals surface area contributed by atoms with Crippen molar-refractivity contribution in [3.05, 3.63) is 24.3 Å². The molecule has 1 aromatic rings. The number of sulfonamides is 1. The molecule has 1 heterocycles. The Kier molecular flexibility index (Phi) is 6.34. The molecule has 0 aromatic heterocycles. The molecule has 0 unspecified atom stereocenters. The molecule has 1 aromatic carbocycles. The molecule has 1 aliphatic rings. The average Bonchev–Trinajstić information content (AvgIpc) is 2.54. The highest BCUT2D eigenvalue weighted by Gasteiger charge is 2.26. The van der Waals surface area contributed by atoms with Crippen molar-refractivity contribution in [2.75, 3.05) is 38.2 Å². The molecule has 1 fully saturated rings. The third kappa shape index (κ3) is 5.13. The molecule has 0 saturated carbocycles. The number of rotatable bonds is 5. The second kappa shape index (κ2) is 8.05. The van der Waals surface area contributed by atoms with Crippen molar-refractivity contribution in [3.8, 4) is 0 Å². The summed E-state index contributed by atoms with van der Waals surface area (Å²) in [5.41, 5.74) is 0.757. The monoisotopic (exact) mass is 357 g/mol. The van der Waals surface area contributed by atoms with E-state index in [1.165, 1.54) is 4.31 Å². The van der Waals surface area contributed by atoms with E-state index in [9.17, 15) is 8.42 Å². The maximum absolute atomic E-state index is 12.5. The summed E-state index contributed by atoms with van der Waals surface area (Å²) in [4.78, 5) is 0.283. The first-order chi connectivity index (χ1) is 10.9. The van der Waals surface area contributed by atoms with Gasteiger partial charge < -0.3 is 15.4 Å². The zero-order valence-electron chi connectivity index (χ0n) is 13.4. The first-order valence-electron chi connectivity index (χ1n) is 7.62. The minimum absolute atomic E-state index is 0.283. The van der Waals surface area contributed by atoms with E-state index in [1.807, 2.05) is 0 Å². The van der Waals surface area contributed by atoms with E-state index < -0.39 is 10.0 Å². The Morgan fingerprint density at radius 1 is 1.26 bits per heavy atom. The maximum atomic E-state index is 12.5. The van der Waals surface area contributed by atoms with Gasteiger partial charge in [0.05, 0.1) is 18.1 Å². The lowest BCUT2D eigenvalue weighted by molar-refractivity contribution is 0.0730. The predicted octanol–water partition coefficient (Wildman–Crippen LogP) is 1.65. The smallest absolute Gasteiger partial charge is 0.243 e. The Bertz CT molecular complexity index is 624. The molecule has 1 aliphatic heterocycles. The number of hydrogen-bond donors (Lipinski definition) is 2. The summed E-state index contributed by atoms with van der Waals surface area (Å²) in [7, 11) is -3.45. The zero-order valence-corrected chi connectivity index (χ0v) is 15.0. The Morgan fingerprint density at radius 3 is 2.43 bits per heavy atom. The minimum atomic E-state index is -3.45. The van der Waals surface area contributed by atoms with Gasteiger partial charge in [-0.05, 0) is 42.4 Å². The van der Waals surface area contributed by atoms with Gasteiger partial charge in [0.15, 0.2) is 5.11 Å². The molecule has 0 atom stereocenters. The molecule has 1 saturated heterocycles. The standard InChI is InChI=1S/C15H23N3O3S2/c1-12(2)11-16-15(22)17-13-3-5-14(6-4-13)23(19,20)18-7-9-21-10-8-18/h3-6,12H,7-11H2,1-2H3,(H2,16,17,22). The lowest BCUT2D eigenvalue weighted by Crippen LogP contribution is -2.40. The number of thiocarbonyl (C=S) groups is 1. The van der Waals surface area contributed by atoms with Crippen LogP contribution in [0.25, 0.3) is 0 Å². The van der Waals surface area contributed by atoms with E-state index in [0.717, 1.165) is 12.2 Å². The molecule has 2 N–H and O–H groups in total. The van der Waals surface area contributed by atoms with Crippen LogP contribution in [0.3, 0.4) is 0 Å². The fourth-order valence-corrected chi connectivity index (χ4v) is 3.73. The van der Waals surface area contributed by atoms with Crippen LogP contribution in [-0.2, 0) is 14.8 Å². The van der Waals surface area contributed by atoms with Crippen LogP contribution in [0, 0.1) is 5.92 Å². The molecule has 2 rings (SSSR count). The number of ether oxygens (including phenoxy) is 1. The molecule has 0 aliphatic carbocycles. The number of nitrogens with one attached hydrogen (secondary N) is 2. The van der Waals surface area contributed by atoms with E-state index in [1.54, 1.807) is 24.3 Å². The van der Waals surface area contributed by atoms with Crippen molar-refractivity contribution in [1.29, 1.82) is 0 Å². The van der Waals surface area contributed by atoms with Gasteiger partial charge in [0.1, 0.15) is 0 Å². The van der Waals surface area contributed by atoms with Crippen LogP contribution in [0.1, 0.15) is 13.8 Å². The van der Waals surface area contributed by atoms with Gasteiger partial charge in [-0.15, -0.1) is 0 Å². The van der Waals surface area contributed by atoms with Crippen LogP contribution >= 0.6 is 12.2 Å². The minimum Gasteiger partial charge on any atom is -0.379 e. The summed E-state index contributed by atoms with van der Waals surface area (Å²) in [5, 5.41) is 6.68. The van der Waals surface area contributed by atoms with Crippen molar-refractivity contribution in [2.45, 2.75) is 18.7 Å². The Morgan fingerprint density at radius 2 is 1.87 bits per heavy atom. The lowest BCUT2D eigenvalue weighted by atomic mass is 10.2. The summed E-state index contributed by atoms with van der Waals surface area (Å²) < 4.78 is 31.7. The van der Waals surface area contributed by atoms with Crippen LogP contribution in [0.4, 0.5) is 5.69 Å². The first kappa shape index (κ1) is 18.1. The van der Waals surface area contributed by atoms with E-state index in [4.69, 9.17) is 17.0 Å². The molecular formula is C15H23N3O3S2. The summed E-state index contributed by atoms with van der Waals surface area (Å²) in [6.45, 7) is 6.65. The fraction of sp³-hybridized carbons (Fsp3) is 0.533. The topological polar surface area (TPSA) is 70.7 Å².